The van der Waals surface area contributed by atoms with Crippen LogP contribution in [0, 0.1) is 5.92 Å². The monoisotopic (exact) mass is 451 g/mol. The van der Waals surface area contributed by atoms with Crippen LogP contribution in [0.2, 0.25) is 0 Å². The lowest BCUT2D eigenvalue weighted by atomic mass is 9.99. The normalized spacial score (nSPS) is 20.5. The molecular weight excluding hydrogens is 426 g/mol. The second-order valence-electron chi connectivity index (χ2n) is 7.72. The van der Waals surface area contributed by atoms with E-state index in [-0.39, 0.29) is 36.2 Å². The number of aromatic nitrogens is 2. The van der Waals surface area contributed by atoms with E-state index >= 15 is 0 Å². The van der Waals surface area contributed by atoms with Crippen LogP contribution in [0.4, 0.5) is 0 Å². The minimum absolute atomic E-state index is 0.0608. The van der Waals surface area contributed by atoms with Crippen molar-refractivity contribution in [3.05, 3.63) is 18.2 Å². The standard InChI is InChI=1S/C19H25N5O4S2/c25-17(23-10-1-2-11-23)8-9-20-19(26)14-5-4-12-24(13-14)30(27,28)16-7-3-6-15-18(16)22-29-21-15/h3,6-7,14H,1-2,4-5,8-13H2,(H,20,26)/t14-/m1/s1. The van der Waals surface area contributed by atoms with Crippen LogP contribution in [0.5, 0.6) is 0 Å². The second-order valence-corrected chi connectivity index (χ2v) is 10.2. The summed E-state index contributed by atoms with van der Waals surface area (Å²) < 4.78 is 36.0. The summed E-state index contributed by atoms with van der Waals surface area (Å²) in [6, 6.07) is 4.92. The maximum Gasteiger partial charge on any atom is 0.245 e. The number of piperidine rings is 1. The predicted molar refractivity (Wildman–Crippen MR) is 112 cm³/mol. The molecule has 4 rings (SSSR count). The number of hydrogen-bond acceptors (Lipinski definition) is 7. The number of amides is 2. The SMILES string of the molecule is O=C(NCCC(=O)N1CCCC1)[C@@H]1CCCN(S(=O)(=O)c2cccc3nsnc23)C1. The van der Waals surface area contributed by atoms with Gasteiger partial charge in [0.15, 0.2) is 0 Å². The van der Waals surface area contributed by atoms with Gasteiger partial charge in [0, 0.05) is 39.1 Å². The summed E-state index contributed by atoms with van der Waals surface area (Å²) in [5.41, 5.74) is 0.921. The van der Waals surface area contributed by atoms with Gasteiger partial charge in [-0.05, 0) is 37.8 Å². The molecule has 2 aliphatic heterocycles. The van der Waals surface area contributed by atoms with Crippen LogP contribution >= 0.6 is 11.7 Å². The lowest BCUT2D eigenvalue weighted by molar-refractivity contribution is -0.130. The number of hydrogen-bond donors (Lipinski definition) is 1. The Morgan fingerprint density at radius 1 is 1.13 bits per heavy atom. The highest BCUT2D eigenvalue weighted by Crippen LogP contribution is 2.28. The summed E-state index contributed by atoms with van der Waals surface area (Å²) in [4.78, 5) is 26.7. The Bertz CT molecular complexity index is 1030. The molecule has 2 fully saturated rings. The Kier molecular flexibility index (Phi) is 6.30. The van der Waals surface area contributed by atoms with Gasteiger partial charge in [-0.3, -0.25) is 9.59 Å². The average molecular weight is 452 g/mol. The number of sulfonamides is 1. The molecule has 162 valence electrons. The largest absolute Gasteiger partial charge is 0.355 e. The van der Waals surface area contributed by atoms with Crippen LogP contribution in [-0.2, 0) is 19.6 Å². The van der Waals surface area contributed by atoms with Gasteiger partial charge in [0.25, 0.3) is 0 Å². The first kappa shape index (κ1) is 21.1. The first-order valence-electron chi connectivity index (χ1n) is 10.2. The molecule has 1 aromatic carbocycles. The number of nitrogens with one attached hydrogen (secondary N) is 1. The Balaban J connectivity index is 1.37. The highest BCUT2D eigenvalue weighted by molar-refractivity contribution is 7.89. The van der Waals surface area contributed by atoms with Crippen molar-refractivity contribution in [3.8, 4) is 0 Å². The lowest BCUT2D eigenvalue weighted by Gasteiger charge is -2.31. The van der Waals surface area contributed by atoms with E-state index in [1.54, 1.807) is 12.1 Å². The minimum Gasteiger partial charge on any atom is -0.355 e. The van der Waals surface area contributed by atoms with Crippen molar-refractivity contribution in [2.45, 2.75) is 37.0 Å². The van der Waals surface area contributed by atoms with E-state index < -0.39 is 15.9 Å². The van der Waals surface area contributed by atoms with Gasteiger partial charge in [0.05, 0.1) is 17.6 Å². The van der Waals surface area contributed by atoms with E-state index in [1.807, 2.05) is 4.90 Å². The summed E-state index contributed by atoms with van der Waals surface area (Å²) in [6.45, 7) is 2.36. The summed E-state index contributed by atoms with van der Waals surface area (Å²) in [5.74, 6) is -0.563. The van der Waals surface area contributed by atoms with Crippen LogP contribution in [-0.4, -0.2) is 70.9 Å². The molecule has 0 bridgehead atoms. The van der Waals surface area contributed by atoms with Crippen LogP contribution in [0.15, 0.2) is 23.1 Å². The zero-order chi connectivity index (χ0) is 21.1. The number of carbonyl (C=O) groups excluding carboxylic acids is 2. The summed E-state index contributed by atoms with van der Waals surface area (Å²) in [6.07, 6.45) is 3.58. The van der Waals surface area contributed by atoms with Crippen molar-refractivity contribution >= 4 is 44.6 Å². The van der Waals surface area contributed by atoms with Crippen molar-refractivity contribution in [1.29, 1.82) is 0 Å². The number of benzene rings is 1. The molecule has 3 heterocycles. The zero-order valence-corrected chi connectivity index (χ0v) is 18.3. The molecule has 0 aliphatic carbocycles. The Hall–Kier alpha value is -2.11. The van der Waals surface area contributed by atoms with Crippen molar-refractivity contribution in [3.63, 3.8) is 0 Å². The molecule has 2 aromatic rings. The van der Waals surface area contributed by atoms with Gasteiger partial charge in [-0.2, -0.15) is 13.1 Å². The molecule has 0 spiro atoms. The number of rotatable bonds is 6. The fraction of sp³-hybridized carbons (Fsp3) is 0.579. The fourth-order valence-electron chi connectivity index (χ4n) is 4.06. The molecular formula is C19H25N5O4S2. The van der Waals surface area contributed by atoms with Crippen LogP contribution < -0.4 is 5.32 Å². The average Bonchev–Trinajstić information content (AvgIpc) is 3.45. The molecule has 2 amide bonds. The number of nitrogens with zero attached hydrogens (tertiary/aromatic N) is 4. The molecule has 9 nitrogen and oxygen atoms in total. The number of fused-ring (bicyclic) bond motifs is 1. The van der Waals surface area contributed by atoms with Crippen LogP contribution in [0.25, 0.3) is 11.0 Å². The molecule has 0 unspecified atom stereocenters. The lowest BCUT2D eigenvalue weighted by Crippen LogP contribution is -2.46. The van der Waals surface area contributed by atoms with E-state index in [2.05, 4.69) is 14.1 Å². The Labute approximate surface area is 179 Å². The molecule has 11 heteroatoms. The van der Waals surface area contributed by atoms with E-state index in [4.69, 9.17) is 0 Å². The molecule has 2 saturated heterocycles. The summed E-state index contributed by atoms with van der Waals surface area (Å²) in [5, 5.41) is 2.82. The molecule has 0 radical (unpaired) electrons. The first-order valence-corrected chi connectivity index (χ1v) is 12.4. The molecule has 0 saturated carbocycles. The first-order chi connectivity index (χ1) is 14.5. The van der Waals surface area contributed by atoms with Crippen molar-refractivity contribution < 1.29 is 18.0 Å². The quantitative estimate of drug-likeness (QED) is 0.707. The smallest absolute Gasteiger partial charge is 0.245 e. The van der Waals surface area contributed by atoms with Gasteiger partial charge in [-0.15, -0.1) is 0 Å². The van der Waals surface area contributed by atoms with Crippen LogP contribution in [0.3, 0.4) is 0 Å². The van der Waals surface area contributed by atoms with E-state index in [0.29, 0.717) is 30.4 Å². The summed E-state index contributed by atoms with van der Waals surface area (Å²) >= 11 is 0.978. The third-order valence-electron chi connectivity index (χ3n) is 5.72. The van der Waals surface area contributed by atoms with Gasteiger partial charge in [-0.25, -0.2) is 8.42 Å². The minimum atomic E-state index is -3.77. The maximum atomic E-state index is 13.2. The third-order valence-corrected chi connectivity index (χ3v) is 8.16. The van der Waals surface area contributed by atoms with Gasteiger partial charge >= 0.3 is 0 Å². The fourth-order valence-corrected chi connectivity index (χ4v) is 6.34. The number of carbonyl (C=O) groups is 2. The van der Waals surface area contributed by atoms with Gasteiger partial charge < -0.3 is 10.2 Å². The third kappa shape index (κ3) is 4.33. The van der Waals surface area contributed by atoms with E-state index in [0.717, 1.165) is 37.7 Å². The van der Waals surface area contributed by atoms with Crippen LogP contribution in [0.1, 0.15) is 32.1 Å². The highest BCUT2D eigenvalue weighted by Gasteiger charge is 2.34. The van der Waals surface area contributed by atoms with Crippen molar-refractivity contribution in [1.82, 2.24) is 23.3 Å². The maximum absolute atomic E-state index is 13.2. The molecule has 1 atom stereocenters. The van der Waals surface area contributed by atoms with Gasteiger partial charge in [0.1, 0.15) is 15.9 Å². The molecule has 1 aromatic heterocycles. The van der Waals surface area contributed by atoms with Crippen molar-refractivity contribution in [2.24, 2.45) is 5.92 Å². The molecule has 1 N–H and O–H groups in total. The van der Waals surface area contributed by atoms with E-state index in [9.17, 15) is 18.0 Å². The highest BCUT2D eigenvalue weighted by atomic mass is 32.2. The Morgan fingerprint density at radius 2 is 1.93 bits per heavy atom. The van der Waals surface area contributed by atoms with Gasteiger partial charge in [-0.1, -0.05) is 6.07 Å². The Morgan fingerprint density at radius 3 is 2.73 bits per heavy atom. The predicted octanol–water partition coefficient (Wildman–Crippen LogP) is 1.22. The summed E-state index contributed by atoms with van der Waals surface area (Å²) in [7, 11) is -3.77. The van der Waals surface area contributed by atoms with E-state index in [1.165, 1.54) is 10.4 Å². The molecule has 2 aliphatic rings. The molecule has 30 heavy (non-hydrogen) atoms. The van der Waals surface area contributed by atoms with Gasteiger partial charge in [0.2, 0.25) is 21.8 Å². The zero-order valence-electron chi connectivity index (χ0n) is 16.6. The number of likely N-dealkylation sites (tertiary alicyclic amines) is 1. The topological polar surface area (TPSA) is 113 Å². The second kappa shape index (κ2) is 8.94. The van der Waals surface area contributed by atoms with Crippen molar-refractivity contribution in [2.75, 3.05) is 32.7 Å².